The molecule has 0 aliphatic carbocycles. The van der Waals surface area contributed by atoms with Gasteiger partial charge in [-0.1, -0.05) is 22.0 Å². The number of benzene rings is 1. The molecule has 0 fully saturated rings. The van der Waals surface area contributed by atoms with E-state index in [4.69, 9.17) is 0 Å². The van der Waals surface area contributed by atoms with Gasteiger partial charge in [0.1, 0.15) is 0 Å². The molecule has 2 rings (SSSR count). The van der Waals surface area contributed by atoms with Crippen molar-refractivity contribution in [1.29, 1.82) is 0 Å². The van der Waals surface area contributed by atoms with Gasteiger partial charge in [0.05, 0.1) is 0 Å². The van der Waals surface area contributed by atoms with Crippen molar-refractivity contribution in [2.75, 3.05) is 0 Å². The quantitative estimate of drug-likeness (QED) is 0.804. The molecule has 1 aromatic heterocycles. The smallest absolute Gasteiger partial charge is 0.192 e. The number of hydrogen-bond acceptors (Lipinski definition) is 4. The summed E-state index contributed by atoms with van der Waals surface area (Å²) >= 11 is 5.14. The highest BCUT2D eigenvalue weighted by molar-refractivity contribution is 9.10. The maximum Gasteiger partial charge on any atom is 0.192 e. The van der Waals surface area contributed by atoms with E-state index in [2.05, 4.69) is 70.2 Å². The fourth-order valence-corrected chi connectivity index (χ4v) is 3.17. The van der Waals surface area contributed by atoms with Gasteiger partial charge >= 0.3 is 0 Å². The van der Waals surface area contributed by atoms with Gasteiger partial charge in [-0.05, 0) is 63.2 Å². The van der Waals surface area contributed by atoms with Crippen molar-refractivity contribution < 1.29 is 0 Å². The summed E-state index contributed by atoms with van der Waals surface area (Å²) in [5, 5.41) is 4.31. The van der Waals surface area contributed by atoms with E-state index in [0.717, 1.165) is 21.9 Å². The van der Waals surface area contributed by atoms with Crippen molar-refractivity contribution in [3.05, 3.63) is 46.2 Å². The first kappa shape index (κ1) is 16.5. The molecular formula is C16H20BrN3S. The molecule has 0 spiro atoms. The van der Waals surface area contributed by atoms with Crippen LogP contribution in [0.2, 0.25) is 0 Å². The van der Waals surface area contributed by atoms with Crippen LogP contribution in [0.15, 0.2) is 45.0 Å². The third-order valence-corrected chi connectivity index (χ3v) is 4.28. The Morgan fingerprint density at radius 2 is 2.00 bits per heavy atom. The first-order valence-electron chi connectivity index (χ1n) is 6.84. The van der Waals surface area contributed by atoms with E-state index >= 15 is 0 Å². The Balaban J connectivity index is 2.23. The fraction of sp³-hybridized carbons (Fsp3) is 0.375. The van der Waals surface area contributed by atoms with Gasteiger partial charge in [0.25, 0.3) is 0 Å². The van der Waals surface area contributed by atoms with Crippen LogP contribution in [0.4, 0.5) is 0 Å². The number of nitrogens with zero attached hydrogens (tertiary/aromatic N) is 2. The molecule has 1 aromatic carbocycles. The molecular weight excluding hydrogens is 346 g/mol. The molecule has 0 saturated heterocycles. The molecule has 0 unspecified atom stereocenters. The van der Waals surface area contributed by atoms with E-state index < -0.39 is 0 Å². The zero-order valence-corrected chi connectivity index (χ0v) is 15.2. The van der Waals surface area contributed by atoms with Gasteiger partial charge in [-0.25, -0.2) is 9.97 Å². The first-order chi connectivity index (χ1) is 9.83. The number of aryl methyl sites for hydroxylation is 1. The van der Waals surface area contributed by atoms with E-state index in [0.29, 0.717) is 0 Å². The molecule has 0 aliphatic heterocycles. The standard InChI is InChI=1S/C16H20BrN3S/c1-11-7-8-18-15(20-11)21-14-9-13(17)6-5-12(14)10-19-16(2,3)4/h5-9,19H,10H2,1-4H3. The molecule has 5 heteroatoms. The molecule has 1 heterocycles. The predicted octanol–water partition coefficient (Wildman–Crippen LogP) is 4.59. The van der Waals surface area contributed by atoms with Gasteiger partial charge in [0, 0.05) is 33.3 Å². The van der Waals surface area contributed by atoms with E-state index in [9.17, 15) is 0 Å². The minimum Gasteiger partial charge on any atom is -0.308 e. The number of aromatic nitrogens is 2. The largest absolute Gasteiger partial charge is 0.308 e. The molecule has 1 N–H and O–H groups in total. The highest BCUT2D eigenvalue weighted by Gasteiger charge is 2.12. The first-order valence-corrected chi connectivity index (χ1v) is 8.45. The van der Waals surface area contributed by atoms with Crippen LogP contribution in [0.3, 0.4) is 0 Å². The SMILES string of the molecule is Cc1ccnc(Sc2cc(Br)ccc2CNC(C)(C)C)n1. The molecule has 2 aromatic rings. The molecule has 3 nitrogen and oxygen atoms in total. The topological polar surface area (TPSA) is 37.8 Å². The summed E-state index contributed by atoms with van der Waals surface area (Å²) in [5.74, 6) is 0. The Bertz CT molecular complexity index is 623. The van der Waals surface area contributed by atoms with Gasteiger partial charge in [0.15, 0.2) is 5.16 Å². The summed E-state index contributed by atoms with van der Waals surface area (Å²) in [7, 11) is 0. The Kier molecular flexibility index (Phi) is 5.41. The van der Waals surface area contributed by atoms with Crippen LogP contribution in [0, 0.1) is 6.92 Å². The average Bonchev–Trinajstić information content (AvgIpc) is 2.36. The third kappa shape index (κ3) is 5.41. The van der Waals surface area contributed by atoms with Crippen LogP contribution in [0.5, 0.6) is 0 Å². The van der Waals surface area contributed by atoms with E-state index in [1.54, 1.807) is 18.0 Å². The highest BCUT2D eigenvalue weighted by Crippen LogP contribution is 2.30. The van der Waals surface area contributed by atoms with Crippen molar-refractivity contribution in [3.8, 4) is 0 Å². The number of rotatable bonds is 4. The fourth-order valence-electron chi connectivity index (χ4n) is 1.70. The summed E-state index contributed by atoms with van der Waals surface area (Å²) in [5.41, 5.74) is 2.33. The van der Waals surface area contributed by atoms with Crippen LogP contribution in [-0.2, 0) is 6.54 Å². The zero-order chi connectivity index (χ0) is 15.5. The second-order valence-electron chi connectivity index (χ2n) is 5.94. The summed E-state index contributed by atoms with van der Waals surface area (Å²) in [6, 6.07) is 8.24. The average molecular weight is 366 g/mol. The van der Waals surface area contributed by atoms with E-state index in [1.807, 2.05) is 13.0 Å². The maximum atomic E-state index is 4.46. The molecule has 0 saturated carbocycles. The van der Waals surface area contributed by atoms with Gasteiger partial charge in [-0.15, -0.1) is 0 Å². The molecule has 0 bridgehead atoms. The van der Waals surface area contributed by atoms with Crippen LogP contribution >= 0.6 is 27.7 Å². The molecule has 112 valence electrons. The van der Waals surface area contributed by atoms with Crippen LogP contribution in [-0.4, -0.2) is 15.5 Å². The molecule has 0 radical (unpaired) electrons. The number of hydrogen-bond donors (Lipinski definition) is 1. The summed E-state index contributed by atoms with van der Waals surface area (Å²) < 4.78 is 1.07. The lowest BCUT2D eigenvalue weighted by atomic mass is 10.1. The van der Waals surface area contributed by atoms with Crippen molar-refractivity contribution in [2.45, 2.75) is 49.8 Å². The lowest BCUT2D eigenvalue weighted by Gasteiger charge is -2.21. The van der Waals surface area contributed by atoms with Gasteiger partial charge in [0.2, 0.25) is 0 Å². The normalized spacial score (nSPS) is 11.7. The van der Waals surface area contributed by atoms with Gasteiger partial charge in [-0.2, -0.15) is 0 Å². The summed E-state index contributed by atoms with van der Waals surface area (Å²) in [6.45, 7) is 9.31. The maximum absolute atomic E-state index is 4.46. The minimum atomic E-state index is 0.0921. The van der Waals surface area contributed by atoms with Gasteiger partial charge < -0.3 is 5.32 Å². The number of halogens is 1. The molecule has 0 aliphatic rings. The van der Waals surface area contributed by atoms with E-state index in [-0.39, 0.29) is 5.54 Å². The predicted molar refractivity (Wildman–Crippen MR) is 91.6 cm³/mol. The second-order valence-corrected chi connectivity index (χ2v) is 7.86. The van der Waals surface area contributed by atoms with E-state index in [1.165, 1.54) is 10.5 Å². The van der Waals surface area contributed by atoms with Crippen molar-refractivity contribution in [2.24, 2.45) is 0 Å². The Morgan fingerprint density at radius 3 is 2.67 bits per heavy atom. The highest BCUT2D eigenvalue weighted by atomic mass is 79.9. The summed E-state index contributed by atoms with van der Waals surface area (Å²) in [6.07, 6.45) is 1.80. The minimum absolute atomic E-state index is 0.0921. The Hall–Kier alpha value is -0.910. The van der Waals surface area contributed by atoms with Gasteiger partial charge in [-0.3, -0.25) is 0 Å². The lowest BCUT2D eigenvalue weighted by molar-refractivity contribution is 0.422. The van der Waals surface area contributed by atoms with Crippen LogP contribution < -0.4 is 5.32 Å². The third-order valence-electron chi connectivity index (χ3n) is 2.81. The van der Waals surface area contributed by atoms with Crippen molar-refractivity contribution in [1.82, 2.24) is 15.3 Å². The van der Waals surface area contributed by atoms with Crippen molar-refractivity contribution >= 4 is 27.7 Å². The Morgan fingerprint density at radius 1 is 1.24 bits per heavy atom. The molecule has 0 amide bonds. The zero-order valence-electron chi connectivity index (χ0n) is 12.8. The Labute approximate surface area is 139 Å². The molecule has 0 atom stereocenters. The lowest BCUT2D eigenvalue weighted by Crippen LogP contribution is -2.35. The second kappa shape index (κ2) is 6.90. The van der Waals surface area contributed by atoms with Crippen LogP contribution in [0.25, 0.3) is 0 Å². The van der Waals surface area contributed by atoms with Crippen LogP contribution in [0.1, 0.15) is 32.0 Å². The van der Waals surface area contributed by atoms with Crippen molar-refractivity contribution in [3.63, 3.8) is 0 Å². The molecule has 21 heavy (non-hydrogen) atoms. The monoisotopic (exact) mass is 365 g/mol. The summed E-state index contributed by atoms with van der Waals surface area (Å²) in [4.78, 5) is 9.97. The number of nitrogens with one attached hydrogen (secondary N) is 1.